The van der Waals surface area contributed by atoms with E-state index in [4.69, 9.17) is 15.6 Å². The van der Waals surface area contributed by atoms with Gasteiger partial charge in [0, 0.05) is 7.11 Å². The minimum Gasteiger partial charge on any atom is -0.478 e. The molecule has 0 saturated heterocycles. The number of nitrogens with zero attached hydrogens (tertiary/aromatic N) is 2. The molecule has 0 atom stereocenters. The van der Waals surface area contributed by atoms with Crippen LogP contribution < -0.4 is 0 Å². The van der Waals surface area contributed by atoms with Crippen molar-refractivity contribution in [2.75, 3.05) is 13.9 Å². The summed E-state index contributed by atoms with van der Waals surface area (Å²) in [5.74, 6) is -7.42. The zero-order chi connectivity index (χ0) is 16.2. The molecule has 1 N–H and O–H groups in total. The maximum Gasteiger partial charge on any atom is 0.338 e. The van der Waals surface area contributed by atoms with Crippen LogP contribution in [0.2, 0.25) is 0 Å². The topological polar surface area (TPSA) is 103 Å². The van der Waals surface area contributed by atoms with Gasteiger partial charge in [0.05, 0.1) is 5.56 Å². The molecule has 0 unspecified atom stereocenters. The summed E-state index contributed by atoms with van der Waals surface area (Å²) in [4.78, 5) is 10.6. The molecule has 1 aromatic carbocycles. The van der Waals surface area contributed by atoms with Crippen molar-refractivity contribution in [3.63, 3.8) is 0 Å². The molecular formula is C12H7F3N2O4. The number of carbonyl (C=O) groups is 1. The molecule has 0 aromatic heterocycles. The van der Waals surface area contributed by atoms with E-state index in [1.807, 2.05) is 0 Å². The van der Waals surface area contributed by atoms with Gasteiger partial charge in [0.25, 0.3) is 5.60 Å². The van der Waals surface area contributed by atoms with Crippen LogP contribution in [0.4, 0.5) is 13.2 Å². The Hall–Kier alpha value is -2.62. The lowest BCUT2D eigenvalue weighted by atomic mass is 9.93. The van der Waals surface area contributed by atoms with Crippen molar-refractivity contribution in [3.8, 4) is 12.1 Å². The Morgan fingerprint density at radius 1 is 1.33 bits per heavy atom. The second-order valence-corrected chi connectivity index (χ2v) is 3.67. The first-order valence-corrected chi connectivity index (χ1v) is 5.21. The lowest BCUT2D eigenvalue weighted by molar-refractivity contribution is -0.0861. The molecule has 0 fully saturated rings. The molecule has 9 heteroatoms. The number of ether oxygens (including phenoxy) is 2. The predicted octanol–water partition coefficient (Wildman–Crippen LogP) is 1.67. The number of aromatic carboxylic acids is 1. The molecule has 0 bridgehead atoms. The molecule has 1 rings (SSSR count). The Balaban J connectivity index is 3.63. The molecule has 0 radical (unpaired) electrons. The summed E-state index contributed by atoms with van der Waals surface area (Å²) in [6.07, 6.45) is 0. The molecule has 0 aliphatic carbocycles. The van der Waals surface area contributed by atoms with E-state index in [9.17, 15) is 18.0 Å². The van der Waals surface area contributed by atoms with Gasteiger partial charge in [-0.3, -0.25) is 0 Å². The van der Waals surface area contributed by atoms with Crippen molar-refractivity contribution >= 4 is 5.97 Å². The fraction of sp³-hybridized carbons (Fsp3) is 0.250. The molecule has 0 aliphatic heterocycles. The van der Waals surface area contributed by atoms with E-state index in [0.29, 0.717) is 0 Å². The number of halogens is 3. The van der Waals surface area contributed by atoms with Gasteiger partial charge in [-0.1, -0.05) is 0 Å². The van der Waals surface area contributed by atoms with Crippen LogP contribution in [-0.4, -0.2) is 25.0 Å². The molecule has 0 saturated carbocycles. The van der Waals surface area contributed by atoms with Crippen LogP contribution >= 0.6 is 0 Å². The first-order valence-electron chi connectivity index (χ1n) is 5.21. The van der Waals surface area contributed by atoms with Crippen LogP contribution in [0.1, 0.15) is 15.9 Å². The Morgan fingerprint density at radius 2 is 1.90 bits per heavy atom. The van der Waals surface area contributed by atoms with Crippen molar-refractivity contribution in [2.24, 2.45) is 0 Å². The van der Waals surface area contributed by atoms with E-state index in [-0.39, 0.29) is 6.07 Å². The zero-order valence-electron chi connectivity index (χ0n) is 10.5. The molecule has 1 aromatic rings. The van der Waals surface area contributed by atoms with Crippen LogP contribution in [0, 0.1) is 40.1 Å². The Labute approximate surface area is 116 Å². The van der Waals surface area contributed by atoms with Gasteiger partial charge < -0.3 is 14.6 Å². The first-order chi connectivity index (χ1) is 9.84. The smallest absolute Gasteiger partial charge is 0.338 e. The third-order valence-corrected chi connectivity index (χ3v) is 2.45. The summed E-state index contributed by atoms with van der Waals surface area (Å²) >= 11 is 0. The normalized spacial score (nSPS) is 10.8. The van der Waals surface area contributed by atoms with Gasteiger partial charge in [-0.15, -0.1) is 0 Å². The fourth-order valence-electron chi connectivity index (χ4n) is 1.49. The quantitative estimate of drug-likeness (QED) is 0.655. The third-order valence-electron chi connectivity index (χ3n) is 2.45. The van der Waals surface area contributed by atoms with E-state index in [2.05, 4.69) is 9.47 Å². The van der Waals surface area contributed by atoms with Gasteiger partial charge in [0.2, 0.25) is 0 Å². The van der Waals surface area contributed by atoms with E-state index >= 15 is 0 Å². The van der Waals surface area contributed by atoms with Gasteiger partial charge in [0.15, 0.2) is 11.6 Å². The van der Waals surface area contributed by atoms with Crippen molar-refractivity contribution in [2.45, 2.75) is 5.60 Å². The van der Waals surface area contributed by atoms with Crippen LogP contribution in [0.15, 0.2) is 6.07 Å². The summed E-state index contributed by atoms with van der Waals surface area (Å²) in [7, 11) is 1.13. The number of nitriles is 2. The second kappa shape index (κ2) is 6.22. The highest BCUT2D eigenvalue weighted by atomic mass is 19.2. The SMILES string of the molecule is COCOC(C#N)(C#N)c1c(F)cc(C(=O)O)c(F)c1F. The number of methoxy groups -OCH3 is 1. The molecule has 0 spiro atoms. The molecular weight excluding hydrogens is 293 g/mol. The standard InChI is InChI=1S/C12H7F3N2O4/c1-20-5-21-12(3-16,4-17)8-7(13)2-6(11(18)19)9(14)10(8)15/h2H,5H2,1H3,(H,18,19). The van der Waals surface area contributed by atoms with Gasteiger partial charge in [-0.25, -0.2) is 18.0 Å². The first kappa shape index (κ1) is 16.4. The van der Waals surface area contributed by atoms with Crippen LogP contribution in [-0.2, 0) is 15.1 Å². The highest BCUT2D eigenvalue weighted by Crippen LogP contribution is 2.32. The average Bonchev–Trinajstić information content (AvgIpc) is 2.46. The number of hydrogen-bond acceptors (Lipinski definition) is 5. The molecule has 6 nitrogen and oxygen atoms in total. The lowest BCUT2D eigenvalue weighted by Gasteiger charge is -2.21. The summed E-state index contributed by atoms with van der Waals surface area (Å²) in [5.41, 5.74) is -5.43. The van der Waals surface area contributed by atoms with E-state index in [1.54, 1.807) is 0 Å². The third kappa shape index (κ3) is 2.79. The van der Waals surface area contributed by atoms with Gasteiger partial charge in [0.1, 0.15) is 30.3 Å². The predicted molar refractivity (Wildman–Crippen MR) is 59.1 cm³/mol. The minimum absolute atomic E-state index is 0.162. The lowest BCUT2D eigenvalue weighted by Crippen LogP contribution is -2.30. The molecule has 0 amide bonds. The summed E-state index contributed by atoms with van der Waals surface area (Å²) < 4.78 is 50.4. The van der Waals surface area contributed by atoms with Crippen LogP contribution in [0.3, 0.4) is 0 Å². The Kier molecular flexibility index (Phi) is 4.87. The van der Waals surface area contributed by atoms with E-state index in [0.717, 1.165) is 7.11 Å². The maximum absolute atomic E-state index is 13.9. The largest absolute Gasteiger partial charge is 0.478 e. The monoisotopic (exact) mass is 300 g/mol. The van der Waals surface area contributed by atoms with Crippen LogP contribution in [0.25, 0.3) is 0 Å². The van der Waals surface area contributed by atoms with E-state index < -0.39 is 46.9 Å². The van der Waals surface area contributed by atoms with Crippen molar-refractivity contribution in [1.29, 1.82) is 10.5 Å². The van der Waals surface area contributed by atoms with Crippen LogP contribution in [0.5, 0.6) is 0 Å². The van der Waals surface area contributed by atoms with Gasteiger partial charge in [-0.05, 0) is 6.07 Å². The van der Waals surface area contributed by atoms with E-state index in [1.165, 1.54) is 12.1 Å². The number of carboxylic acid groups (broad SMARTS) is 1. The number of benzene rings is 1. The zero-order valence-corrected chi connectivity index (χ0v) is 10.5. The molecule has 0 heterocycles. The molecule has 110 valence electrons. The van der Waals surface area contributed by atoms with Gasteiger partial charge in [-0.2, -0.15) is 10.5 Å². The fourth-order valence-corrected chi connectivity index (χ4v) is 1.49. The van der Waals surface area contributed by atoms with Crippen molar-refractivity contribution in [1.82, 2.24) is 0 Å². The second-order valence-electron chi connectivity index (χ2n) is 3.67. The van der Waals surface area contributed by atoms with Crippen molar-refractivity contribution in [3.05, 3.63) is 34.6 Å². The number of rotatable bonds is 5. The molecule has 21 heavy (non-hydrogen) atoms. The number of hydrogen-bond donors (Lipinski definition) is 1. The minimum atomic E-state index is -2.82. The van der Waals surface area contributed by atoms with Crippen molar-refractivity contribution < 1.29 is 32.5 Å². The highest BCUT2D eigenvalue weighted by Gasteiger charge is 2.42. The average molecular weight is 300 g/mol. The summed E-state index contributed by atoms with van der Waals surface area (Å²) in [6.45, 7) is -0.678. The number of carboxylic acids is 1. The Morgan fingerprint density at radius 3 is 2.33 bits per heavy atom. The Bertz CT molecular complexity index is 650. The summed E-state index contributed by atoms with van der Waals surface area (Å²) in [5, 5.41) is 26.5. The highest BCUT2D eigenvalue weighted by molar-refractivity contribution is 5.88. The van der Waals surface area contributed by atoms with Gasteiger partial charge >= 0.3 is 5.97 Å². The maximum atomic E-state index is 13.9. The summed E-state index contributed by atoms with van der Waals surface area (Å²) in [6, 6.07) is 2.60. The molecule has 0 aliphatic rings.